The standard InChI is InChI=1S/C18H19NO3/c1-2-3-4-5-6-10-13-17(20)19-16(14-22-18(19)21)15-11-8-7-9-12-15/h2,7-9,11-12,16H,1,3-6,14H2/t16-/m0/s1. The zero-order valence-corrected chi connectivity index (χ0v) is 12.5. The van der Waals surface area contributed by atoms with E-state index in [1.54, 1.807) is 0 Å². The maximum Gasteiger partial charge on any atom is 0.418 e. The van der Waals surface area contributed by atoms with Crippen LogP contribution >= 0.6 is 0 Å². The minimum atomic E-state index is -0.625. The van der Waals surface area contributed by atoms with E-state index in [1.165, 1.54) is 0 Å². The van der Waals surface area contributed by atoms with Gasteiger partial charge < -0.3 is 4.74 Å². The van der Waals surface area contributed by atoms with Crippen LogP contribution in [0.5, 0.6) is 0 Å². The van der Waals surface area contributed by atoms with E-state index in [9.17, 15) is 9.59 Å². The zero-order valence-electron chi connectivity index (χ0n) is 12.5. The SMILES string of the molecule is C=CCCCCC#CC(=O)N1C(=O)OC[C@H]1c1ccccc1. The lowest BCUT2D eigenvalue weighted by atomic mass is 10.1. The molecule has 4 nitrogen and oxygen atoms in total. The molecular weight excluding hydrogens is 278 g/mol. The number of unbranched alkanes of at least 4 members (excludes halogenated alkanes) is 3. The lowest BCUT2D eigenvalue weighted by Gasteiger charge is -2.17. The number of nitrogens with zero attached hydrogens (tertiary/aromatic N) is 1. The number of ether oxygens (including phenoxy) is 1. The van der Waals surface area contributed by atoms with Gasteiger partial charge in [-0.25, -0.2) is 9.69 Å². The fraction of sp³-hybridized carbons (Fsp3) is 0.333. The number of rotatable bonds is 5. The molecule has 1 aliphatic heterocycles. The molecule has 1 saturated heterocycles. The van der Waals surface area contributed by atoms with Crippen LogP contribution in [-0.4, -0.2) is 23.5 Å². The van der Waals surface area contributed by atoms with Crippen LogP contribution in [0.25, 0.3) is 0 Å². The molecule has 0 aliphatic carbocycles. The highest BCUT2D eigenvalue weighted by molar-refractivity contribution is 6.03. The van der Waals surface area contributed by atoms with Crippen molar-refractivity contribution in [1.82, 2.24) is 4.90 Å². The molecule has 0 spiro atoms. The van der Waals surface area contributed by atoms with Gasteiger partial charge in [0, 0.05) is 6.42 Å². The van der Waals surface area contributed by atoms with Crippen LogP contribution in [0.2, 0.25) is 0 Å². The lowest BCUT2D eigenvalue weighted by Crippen LogP contribution is -2.33. The number of hydrogen-bond acceptors (Lipinski definition) is 3. The Kier molecular flexibility index (Phi) is 5.79. The fourth-order valence-electron chi connectivity index (χ4n) is 2.27. The van der Waals surface area contributed by atoms with Crippen molar-refractivity contribution < 1.29 is 14.3 Å². The molecule has 0 aromatic heterocycles. The molecule has 0 unspecified atom stereocenters. The van der Waals surface area contributed by atoms with Crippen LogP contribution in [0, 0.1) is 11.8 Å². The van der Waals surface area contributed by atoms with E-state index in [2.05, 4.69) is 18.4 Å². The summed E-state index contributed by atoms with van der Waals surface area (Å²) >= 11 is 0. The predicted octanol–water partition coefficient (Wildman–Crippen LogP) is 3.46. The van der Waals surface area contributed by atoms with E-state index in [0.717, 1.165) is 29.7 Å². The van der Waals surface area contributed by atoms with Gasteiger partial charge in [0.25, 0.3) is 0 Å². The molecule has 1 aliphatic rings. The molecule has 22 heavy (non-hydrogen) atoms. The van der Waals surface area contributed by atoms with E-state index < -0.39 is 18.0 Å². The molecule has 1 heterocycles. The fourth-order valence-corrected chi connectivity index (χ4v) is 2.27. The van der Waals surface area contributed by atoms with E-state index in [-0.39, 0.29) is 6.61 Å². The first-order chi connectivity index (χ1) is 10.7. The number of amides is 2. The van der Waals surface area contributed by atoms with Crippen molar-refractivity contribution >= 4 is 12.0 Å². The Balaban J connectivity index is 1.99. The van der Waals surface area contributed by atoms with Crippen LogP contribution in [0.4, 0.5) is 4.79 Å². The predicted molar refractivity (Wildman–Crippen MR) is 83.8 cm³/mol. The first-order valence-electron chi connectivity index (χ1n) is 7.38. The van der Waals surface area contributed by atoms with Gasteiger partial charge in [0.05, 0.1) is 0 Å². The summed E-state index contributed by atoms with van der Waals surface area (Å²) in [6, 6.07) is 8.97. The van der Waals surface area contributed by atoms with Gasteiger partial charge >= 0.3 is 12.0 Å². The Morgan fingerprint density at radius 2 is 2.14 bits per heavy atom. The second-order valence-corrected chi connectivity index (χ2v) is 5.01. The van der Waals surface area contributed by atoms with Gasteiger partial charge in [-0.1, -0.05) is 42.3 Å². The smallest absolute Gasteiger partial charge is 0.418 e. The quantitative estimate of drug-likeness (QED) is 0.475. The molecule has 1 atom stereocenters. The van der Waals surface area contributed by atoms with Crippen LogP contribution in [0.1, 0.15) is 37.3 Å². The number of allylic oxidation sites excluding steroid dienone is 1. The normalized spacial score (nSPS) is 16.6. The molecule has 0 radical (unpaired) electrons. The Hall–Kier alpha value is -2.54. The van der Waals surface area contributed by atoms with Crippen molar-refractivity contribution in [3.8, 4) is 11.8 Å². The maximum absolute atomic E-state index is 12.2. The minimum Gasteiger partial charge on any atom is -0.446 e. The van der Waals surface area contributed by atoms with Gasteiger partial charge in [0.2, 0.25) is 0 Å². The highest BCUT2D eigenvalue weighted by atomic mass is 16.6. The Bertz CT molecular complexity index is 598. The summed E-state index contributed by atoms with van der Waals surface area (Å²) in [7, 11) is 0. The summed E-state index contributed by atoms with van der Waals surface area (Å²) in [5.41, 5.74) is 0.870. The summed E-state index contributed by atoms with van der Waals surface area (Å²) in [6.07, 6.45) is 4.75. The third-order valence-corrected chi connectivity index (χ3v) is 3.43. The summed E-state index contributed by atoms with van der Waals surface area (Å²) in [5.74, 6) is 4.87. The zero-order chi connectivity index (χ0) is 15.8. The molecule has 0 bridgehead atoms. The molecule has 2 amide bonds. The monoisotopic (exact) mass is 297 g/mol. The van der Waals surface area contributed by atoms with E-state index >= 15 is 0 Å². The number of benzene rings is 1. The second kappa shape index (κ2) is 8.04. The van der Waals surface area contributed by atoms with Crippen LogP contribution in [0.15, 0.2) is 43.0 Å². The van der Waals surface area contributed by atoms with Crippen LogP contribution < -0.4 is 0 Å². The van der Waals surface area contributed by atoms with Crippen molar-refractivity contribution in [3.63, 3.8) is 0 Å². The molecule has 4 heteroatoms. The number of cyclic esters (lactones) is 1. The van der Waals surface area contributed by atoms with Crippen molar-refractivity contribution in [1.29, 1.82) is 0 Å². The molecule has 1 aromatic carbocycles. The third-order valence-electron chi connectivity index (χ3n) is 3.43. The van der Waals surface area contributed by atoms with E-state index in [1.807, 2.05) is 36.4 Å². The Morgan fingerprint density at radius 1 is 1.36 bits per heavy atom. The lowest BCUT2D eigenvalue weighted by molar-refractivity contribution is -0.123. The summed E-state index contributed by atoms with van der Waals surface area (Å²) in [5, 5.41) is 0. The van der Waals surface area contributed by atoms with Gasteiger partial charge in [-0.2, -0.15) is 0 Å². The number of carbonyl (C=O) groups is 2. The average Bonchev–Trinajstić information content (AvgIpc) is 2.93. The molecule has 0 N–H and O–H groups in total. The van der Waals surface area contributed by atoms with Gasteiger partial charge in [0.15, 0.2) is 0 Å². The highest BCUT2D eigenvalue weighted by Gasteiger charge is 2.38. The average molecular weight is 297 g/mol. The molecule has 1 fully saturated rings. The van der Waals surface area contributed by atoms with Gasteiger partial charge in [0.1, 0.15) is 12.6 Å². The van der Waals surface area contributed by atoms with Crippen LogP contribution in [0.3, 0.4) is 0 Å². The number of carbonyl (C=O) groups excluding carboxylic acids is 2. The molecular formula is C18H19NO3. The summed E-state index contributed by atoms with van der Waals surface area (Å²) in [4.78, 5) is 25.0. The van der Waals surface area contributed by atoms with Crippen molar-refractivity contribution in [2.45, 2.75) is 31.7 Å². The summed E-state index contributed by atoms with van der Waals surface area (Å²) in [6.45, 7) is 3.83. The topological polar surface area (TPSA) is 46.6 Å². The van der Waals surface area contributed by atoms with Crippen molar-refractivity contribution in [2.24, 2.45) is 0 Å². The number of imide groups is 1. The molecule has 0 saturated carbocycles. The largest absolute Gasteiger partial charge is 0.446 e. The molecule has 2 rings (SSSR count). The molecule has 1 aromatic rings. The molecule has 114 valence electrons. The highest BCUT2D eigenvalue weighted by Crippen LogP contribution is 2.27. The minimum absolute atomic E-state index is 0.176. The van der Waals surface area contributed by atoms with Crippen LogP contribution in [-0.2, 0) is 9.53 Å². The van der Waals surface area contributed by atoms with E-state index in [0.29, 0.717) is 6.42 Å². The van der Waals surface area contributed by atoms with Gasteiger partial charge in [-0.3, -0.25) is 4.79 Å². The third kappa shape index (κ3) is 3.98. The van der Waals surface area contributed by atoms with E-state index in [4.69, 9.17) is 4.74 Å². The second-order valence-electron chi connectivity index (χ2n) is 5.01. The number of hydrogen-bond donors (Lipinski definition) is 0. The first-order valence-corrected chi connectivity index (χ1v) is 7.38. The maximum atomic E-state index is 12.2. The van der Waals surface area contributed by atoms with Gasteiger partial charge in [-0.15, -0.1) is 6.58 Å². The summed E-state index contributed by atoms with van der Waals surface area (Å²) < 4.78 is 5.00. The van der Waals surface area contributed by atoms with Crippen molar-refractivity contribution in [3.05, 3.63) is 48.6 Å². The Labute approximate surface area is 130 Å². The van der Waals surface area contributed by atoms with Gasteiger partial charge in [-0.05, 0) is 30.7 Å². The Morgan fingerprint density at radius 3 is 2.86 bits per heavy atom. The first kappa shape index (κ1) is 15.8. The van der Waals surface area contributed by atoms with Crippen molar-refractivity contribution in [2.75, 3.05) is 6.61 Å².